The van der Waals surface area contributed by atoms with Crippen LogP contribution < -0.4 is 5.73 Å². The molecule has 0 heterocycles. The Bertz CT molecular complexity index is 277. The lowest BCUT2D eigenvalue weighted by atomic mass is 9.70. The molecule has 0 aromatic carbocycles. The first-order chi connectivity index (χ1) is 9.36. The van der Waals surface area contributed by atoms with E-state index < -0.39 is 0 Å². The van der Waals surface area contributed by atoms with Gasteiger partial charge in [-0.2, -0.15) is 0 Å². The Morgan fingerprint density at radius 3 is 2.35 bits per heavy atom. The lowest BCUT2D eigenvalue weighted by Crippen LogP contribution is -2.60. The zero-order valence-electron chi connectivity index (χ0n) is 14.7. The molecule has 0 aromatic rings. The fraction of sp³-hybridized carbons (Fsp3) is 1.00. The molecule has 3 unspecified atom stereocenters. The van der Waals surface area contributed by atoms with Gasteiger partial charge >= 0.3 is 0 Å². The molecule has 1 aliphatic carbocycles. The SMILES string of the molecule is CCN(C(C)CN(C)C)C1(CN)CCCC(C(C)C)C1. The smallest absolute Gasteiger partial charge is 0.0337 e. The maximum atomic E-state index is 6.29. The van der Waals surface area contributed by atoms with Gasteiger partial charge in [-0.05, 0) is 52.2 Å². The summed E-state index contributed by atoms with van der Waals surface area (Å²) >= 11 is 0. The van der Waals surface area contributed by atoms with Crippen molar-refractivity contribution in [3.63, 3.8) is 0 Å². The summed E-state index contributed by atoms with van der Waals surface area (Å²) in [6, 6.07) is 0.574. The Kier molecular flexibility index (Phi) is 6.96. The van der Waals surface area contributed by atoms with Crippen molar-refractivity contribution in [1.29, 1.82) is 0 Å². The fourth-order valence-corrected chi connectivity index (χ4v) is 4.26. The van der Waals surface area contributed by atoms with Gasteiger partial charge in [0.25, 0.3) is 0 Å². The summed E-state index contributed by atoms with van der Waals surface area (Å²) in [4.78, 5) is 4.99. The molecule has 2 N–H and O–H groups in total. The Hall–Kier alpha value is -0.120. The van der Waals surface area contributed by atoms with Crippen molar-refractivity contribution < 1.29 is 0 Å². The molecule has 0 aromatic heterocycles. The molecule has 0 aliphatic heterocycles. The lowest BCUT2D eigenvalue weighted by Gasteiger charge is -2.51. The molecular formula is C17H37N3. The molecule has 120 valence electrons. The summed E-state index contributed by atoms with van der Waals surface area (Å²) in [5.74, 6) is 1.62. The molecule has 1 fully saturated rings. The van der Waals surface area contributed by atoms with Crippen LogP contribution in [-0.4, -0.2) is 55.1 Å². The second kappa shape index (κ2) is 7.77. The highest BCUT2D eigenvalue weighted by Gasteiger charge is 2.41. The van der Waals surface area contributed by atoms with E-state index in [0.717, 1.165) is 31.5 Å². The molecular weight excluding hydrogens is 246 g/mol. The van der Waals surface area contributed by atoms with Crippen molar-refractivity contribution in [2.24, 2.45) is 17.6 Å². The second-order valence-corrected chi connectivity index (χ2v) is 7.43. The van der Waals surface area contributed by atoms with E-state index in [1.165, 1.54) is 25.7 Å². The normalized spacial score (nSPS) is 29.4. The van der Waals surface area contributed by atoms with E-state index in [1.54, 1.807) is 0 Å². The Balaban J connectivity index is 2.88. The predicted molar refractivity (Wildman–Crippen MR) is 89.0 cm³/mol. The van der Waals surface area contributed by atoms with Crippen LogP contribution in [0.5, 0.6) is 0 Å². The van der Waals surface area contributed by atoms with E-state index in [1.807, 2.05) is 0 Å². The summed E-state index contributed by atoms with van der Waals surface area (Å²) in [6.45, 7) is 12.4. The highest BCUT2D eigenvalue weighted by atomic mass is 15.3. The Morgan fingerprint density at radius 2 is 1.90 bits per heavy atom. The van der Waals surface area contributed by atoms with Crippen LogP contribution in [0.1, 0.15) is 53.4 Å². The monoisotopic (exact) mass is 283 g/mol. The molecule has 3 atom stereocenters. The summed E-state index contributed by atoms with van der Waals surface area (Å²) in [6.07, 6.45) is 5.29. The average molecular weight is 284 g/mol. The van der Waals surface area contributed by atoms with Gasteiger partial charge in [0.2, 0.25) is 0 Å². The van der Waals surface area contributed by atoms with Crippen LogP contribution >= 0.6 is 0 Å². The van der Waals surface area contributed by atoms with Gasteiger partial charge in [-0.1, -0.05) is 33.6 Å². The van der Waals surface area contributed by atoms with Crippen LogP contribution in [0.15, 0.2) is 0 Å². The molecule has 1 saturated carbocycles. The number of rotatable bonds is 7. The Labute approximate surface area is 126 Å². The highest BCUT2D eigenvalue weighted by Crippen LogP contribution is 2.40. The standard InChI is InChI=1S/C17H37N3/c1-7-20(15(4)12-19(5)6)17(13-18)10-8-9-16(11-17)14(2)3/h14-16H,7-13,18H2,1-6H3. The second-order valence-electron chi connectivity index (χ2n) is 7.43. The van der Waals surface area contributed by atoms with Gasteiger partial charge in [0.05, 0.1) is 0 Å². The topological polar surface area (TPSA) is 32.5 Å². The number of nitrogens with zero attached hydrogens (tertiary/aromatic N) is 2. The first-order valence-corrected chi connectivity index (χ1v) is 8.47. The van der Waals surface area contributed by atoms with E-state index in [9.17, 15) is 0 Å². The van der Waals surface area contributed by atoms with E-state index >= 15 is 0 Å². The maximum Gasteiger partial charge on any atom is 0.0337 e. The molecule has 3 nitrogen and oxygen atoms in total. The highest BCUT2D eigenvalue weighted by molar-refractivity contribution is 4.98. The molecule has 1 rings (SSSR count). The van der Waals surface area contributed by atoms with Gasteiger partial charge in [-0.3, -0.25) is 4.90 Å². The number of likely N-dealkylation sites (N-methyl/N-ethyl adjacent to an activating group) is 2. The summed E-state index contributed by atoms with van der Waals surface area (Å²) in [5.41, 5.74) is 6.52. The minimum atomic E-state index is 0.233. The summed E-state index contributed by atoms with van der Waals surface area (Å²) in [7, 11) is 4.33. The van der Waals surface area contributed by atoms with Crippen molar-refractivity contribution in [1.82, 2.24) is 9.80 Å². The van der Waals surface area contributed by atoms with Gasteiger partial charge < -0.3 is 10.6 Å². The first kappa shape index (κ1) is 17.9. The van der Waals surface area contributed by atoms with Crippen LogP contribution in [-0.2, 0) is 0 Å². The maximum absolute atomic E-state index is 6.29. The average Bonchev–Trinajstić information content (AvgIpc) is 2.38. The third-order valence-corrected chi connectivity index (χ3v) is 5.29. The van der Waals surface area contributed by atoms with Gasteiger partial charge in [0.15, 0.2) is 0 Å². The van der Waals surface area contributed by atoms with E-state index in [0.29, 0.717) is 6.04 Å². The molecule has 0 saturated heterocycles. The van der Waals surface area contributed by atoms with Crippen LogP contribution in [0, 0.1) is 11.8 Å². The molecule has 0 amide bonds. The van der Waals surface area contributed by atoms with Crippen molar-refractivity contribution in [3.8, 4) is 0 Å². The van der Waals surface area contributed by atoms with Gasteiger partial charge in [0, 0.05) is 24.7 Å². The molecule has 20 heavy (non-hydrogen) atoms. The number of hydrogen-bond acceptors (Lipinski definition) is 3. The minimum Gasteiger partial charge on any atom is -0.329 e. The van der Waals surface area contributed by atoms with Crippen LogP contribution in [0.25, 0.3) is 0 Å². The van der Waals surface area contributed by atoms with Gasteiger partial charge in [-0.25, -0.2) is 0 Å². The molecule has 1 aliphatic rings. The van der Waals surface area contributed by atoms with Gasteiger partial charge in [-0.15, -0.1) is 0 Å². The number of hydrogen-bond donors (Lipinski definition) is 1. The third kappa shape index (κ3) is 4.19. The van der Waals surface area contributed by atoms with Crippen molar-refractivity contribution >= 4 is 0 Å². The zero-order chi connectivity index (χ0) is 15.3. The van der Waals surface area contributed by atoms with Crippen molar-refractivity contribution in [2.45, 2.75) is 65.0 Å². The van der Waals surface area contributed by atoms with E-state index in [4.69, 9.17) is 5.73 Å². The lowest BCUT2D eigenvalue weighted by molar-refractivity contribution is -0.00350. The van der Waals surface area contributed by atoms with E-state index in [-0.39, 0.29) is 5.54 Å². The van der Waals surface area contributed by atoms with Gasteiger partial charge in [0.1, 0.15) is 0 Å². The molecule has 0 spiro atoms. The minimum absolute atomic E-state index is 0.233. The predicted octanol–water partition coefficient (Wildman–Crippen LogP) is 2.80. The molecule has 0 radical (unpaired) electrons. The number of nitrogens with two attached hydrogens (primary N) is 1. The first-order valence-electron chi connectivity index (χ1n) is 8.47. The van der Waals surface area contributed by atoms with Crippen molar-refractivity contribution in [2.75, 3.05) is 33.7 Å². The molecule has 3 heteroatoms. The van der Waals surface area contributed by atoms with Crippen LogP contribution in [0.3, 0.4) is 0 Å². The quantitative estimate of drug-likeness (QED) is 0.780. The fourth-order valence-electron chi connectivity index (χ4n) is 4.26. The largest absolute Gasteiger partial charge is 0.329 e. The Morgan fingerprint density at radius 1 is 1.25 bits per heavy atom. The zero-order valence-corrected chi connectivity index (χ0v) is 14.7. The molecule has 0 bridgehead atoms. The van der Waals surface area contributed by atoms with Crippen LogP contribution in [0.2, 0.25) is 0 Å². The van der Waals surface area contributed by atoms with Crippen LogP contribution in [0.4, 0.5) is 0 Å². The van der Waals surface area contributed by atoms with Crippen molar-refractivity contribution in [3.05, 3.63) is 0 Å². The summed E-state index contributed by atoms with van der Waals surface area (Å²) in [5, 5.41) is 0. The summed E-state index contributed by atoms with van der Waals surface area (Å²) < 4.78 is 0. The van der Waals surface area contributed by atoms with E-state index in [2.05, 4.69) is 51.6 Å². The third-order valence-electron chi connectivity index (χ3n) is 5.29.